The molecular weight excluding hydrogens is 199 g/mol. The van der Waals surface area contributed by atoms with Crippen molar-refractivity contribution in [2.24, 2.45) is 11.1 Å². The molecule has 0 aromatic rings. The molecule has 0 aliphatic heterocycles. The van der Waals surface area contributed by atoms with Gasteiger partial charge in [0.05, 0.1) is 12.0 Å². The maximum absolute atomic E-state index is 12.2. The maximum Gasteiger partial charge on any atom is 0.404 e. The lowest BCUT2D eigenvalue weighted by molar-refractivity contribution is -0.188. The number of carbonyl (C=O) groups excluding carboxylic acids is 1. The van der Waals surface area contributed by atoms with Gasteiger partial charge in [0.2, 0.25) is 0 Å². The quantitative estimate of drug-likeness (QED) is 0.722. The normalized spacial score (nSPS) is 15.1. The number of ether oxygens (including phenoxy) is 1. The minimum atomic E-state index is -4.60. The van der Waals surface area contributed by atoms with E-state index >= 15 is 0 Å². The Morgan fingerprint density at radius 1 is 1.43 bits per heavy atom. The summed E-state index contributed by atoms with van der Waals surface area (Å²) in [6, 6.07) is -2.21. The second kappa shape index (κ2) is 4.16. The predicted molar refractivity (Wildman–Crippen MR) is 44.4 cm³/mol. The molecule has 0 aromatic carbocycles. The summed E-state index contributed by atoms with van der Waals surface area (Å²) >= 11 is 0. The third-order valence-corrected chi connectivity index (χ3v) is 1.93. The summed E-state index contributed by atoms with van der Waals surface area (Å²) in [7, 11) is 0. The highest BCUT2D eigenvalue weighted by atomic mass is 19.4. The van der Waals surface area contributed by atoms with Crippen LogP contribution in [0.4, 0.5) is 13.2 Å². The molecule has 0 spiro atoms. The highest BCUT2D eigenvalue weighted by Crippen LogP contribution is 2.32. The summed E-state index contributed by atoms with van der Waals surface area (Å²) in [6.45, 7) is 3.78. The van der Waals surface area contributed by atoms with Gasteiger partial charge in [-0.2, -0.15) is 13.2 Å². The number of nitrogens with two attached hydrogens (primary N) is 1. The van der Waals surface area contributed by atoms with Gasteiger partial charge in [-0.1, -0.05) is 0 Å². The fourth-order valence-corrected chi connectivity index (χ4v) is 0.853. The Morgan fingerprint density at radius 2 is 1.86 bits per heavy atom. The van der Waals surface area contributed by atoms with Gasteiger partial charge in [0.25, 0.3) is 0 Å². The van der Waals surface area contributed by atoms with E-state index in [1.54, 1.807) is 0 Å². The third-order valence-electron chi connectivity index (χ3n) is 1.93. The molecule has 0 rings (SSSR count). The molecule has 0 amide bonds. The number of hydrogen-bond donors (Lipinski definition) is 1. The van der Waals surface area contributed by atoms with Crippen molar-refractivity contribution in [2.45, 2.75) is 33.0 Å². The van der Waals surface area contributed by atoms with Crippen LogP contribution < -0.4 is 5.73 Å². The lowest BCUT2D eigenvalue weighted by atomic mass is 9.84. The molecular formula is C8H14F3NO2. The molecule has 0 aromatic heterocycles. The van der Waals surface area contributed by atoms with Crippen molar-refractivity contribution in [2.75, 3.05) is 6.61 Å². The molecule has 1 atom stereocenters. The largest absolute Gasteiger partial charge is 0.466 e. The van der Waals surface area contributed by atoms with E-state index in [0.717, 1.165) is 13.8 Å². The second-order valence-electron chi connectivity index (χ2n) is 3.46. The SMILES string of the molecule is CCOC(=O)C(C)(C)C(N)C(F)(F)F. The van der Waals surface area contributed by atoms with Crippen LogP contribution in [-0.2, 0) is 9.53 Å². The van der Waals surface area contributed by atoms with E-state index in [0.29, 0.717) is 0 Å². The molecule has 0 heterocycles. The van der Waals surface area contributed by atoms with Gasteiger partial charge in [0.1, 0.15) is 6.04 Å². The molecule has 14 heavy (non-hydrogen) atoms. The number of halogens is 3. The lowest BCUT2D eigenvalue weighted by Crippen LogP contribution is -2.53. The number of carbonyl (C=O) groups is 1. The van der Waals surface area contributed by atoms with Crippen molar-refractivity contribution < 1.29 is 22.7 Å². The summed E-state index contributed by atoms with van der Waals surface area (Å²) in [5.74, 6) is -0.940. The fraction of sp³-hybridized carbons (Fsp3) is 0.875. The van der Waals surface area contributed by atoms with Crippen LogP contribution in [0, 0.1) is 5.41 Å². The average molecular weight is 213 g/mol. The minimum Gasteiger partial charge on any atom is -0.466 e. The molecule has 0 radical (unpaired) electrons. The van der Waals surface area contributed by atoms with Gasteiger partial charge in [0, 0.05) is 0 Å². The topological polar surface area (TPSA) is 52.3 Å². The van der Waals surface area contributed by atoms with Crippen LogP contribution >= 0.6 is 0 Å². The van der Waals surface area contributed by atoms with Gasteiger partial charge in [-0.05, 0) is 20.8 Å². The summed E-state index contributed by atoms with van der Waals surface area (Å²) in [5.41, 5.74) is 3.18. The zero-order chi connectivity index (χ0) is 11.6. The average Bonchev–Trinajstić information content (AvgIpc) is 2.01. The zero-order valence-electron chi connectivity index (χ0n) is 8.31. The monoisotopic (exact) mass is 213 g/mol. The predicted octanol–water partition coefficient (Wildman–Crippen LogP) is 1.47. The van der Waals surface area contributed by atoms with E-state index in [9.17, 15) is 18.0 Å². The molecule has 0 aliphatic rings. The molecule has 6 heteroatoms. The lowest BCUT2D eigenvalue weighted by Gasteiger charge is -2.30. The van der Waals surface area contributed by atoms with Gasteiger partial charge >= 0.3 is 12.1 Å². The van der Waals surface area contributed by atoms with Gasteiger partial charge in [0.15, 0.2) is 0 Å². The number of hydrogen-bond acceptors (Lipinski definition) is 3. The van der Waals surface area contributed by atoms with Crippen molar-refractivity contribution in [3.05, 3.63) is 0 Å². The zero-order valence-corrected chi connectivity index (χ0v) is 8.31. The maximum atomic E-state index is 12.2. The summed E-state index contributed by atoms with van der Waals surface area (Å²) in [4.78, 5) is 11.2. The first-order valence-corrected chi connectivity index (χ1v) is 4.13. The van der Waals surface area contributed by atoms with Crippen LogP contribution in [0.2, 0.25) is 0 Å². The first kappa shape index (κ1) is 13.2. The Balaban J connectivity index is 4.69. The van der Waals surface area contributed by atoms with Crippen molar-refractivity contribution in [1.29, 1.82) is 0 Å². The molecule has 2 N–H and O–H groups in total. The second-order valence-corrected chi connectivity index (χ2v) is 3.46. The Kier molecular flexibility index (Phi) is 3.93. The number of esters is 1. The van der Waals surface area contributed by atoms with E-state index in [2.05, 4.69) is 4.74 Å². The van der Waals surface area contributed by atoms with Crippen LogP contribution in [0.3, 0.4) is 0 Å². The first-order chi connectivity index (χ1) is 6.14. The Morgan fingerprint density at radius 3 is 2.14 bits per heavy atom. The first-order valence-electron chi connectivity index (χ1n) is 4.13. The van der Waals surface area contributed by atoms with Crippen LogP contribution in [0.15, 0.2) is 0 Å². The number of rotatable bonds is 3. The Labute approximate surface area is 80.4 Å². The molecule has 0 saturated carbocycles. The van der Waals surface area contributed by atoms with E-state index in [1.807, 2.05) is 0 Å². The smallest absolute Gasteiger partial charge is 0.404 e. The summed E-state index contributed by atoms with van der Waals surface area (Å²) < 4.78 is 41.1. The molecule has 3 nitrogen and oxygen atoms in total. The minimum absolute atomic E-state index is 0.0346. The number of alkyl halides is 3. The van der Waals surface area contributed by atoms with E-state index < -0.39 is 23.6 Å². The van der Waals surface area contributed by atoms with Gasteiger partial charge < -0.3 is 10.5 Å². The molecule has 0 aliphatic carbocycles. The van der Waals surface area contributed by atoms with Crippen LogP contribution in [0.25, 0.3) is 0 Å². The summed E-state index contributed by atoms with van der Waals surface area (Å²) in [5, 5.41) is 0. The van der Waals surface area contributed by atoms with E-state index in [-0.39, 0.29) is 6.61 Å². The molecule has 0 fully saturated rings. The standard InChI is InChI=1S/C8H14F3NO2/c1-4-14-6(13)7(2,3)5(12)8(9,10)11/h5H,4,12H2,1-3H3. The molecule has 0 bridgehead atoms. The van der Waals surface area contributed by atoms with Crippen LogP contribution in [0.5, 0.6) is 0 Å². The molecule has 84 valence electrons. The third kappa shape index (κ3) is 2.87. The van der Waals surface area contributed by atoms with E-state index in [1.165, 1.54) is 6.92 Å². The van der Waals surface area contributed by atoms with Crippen LogP contribution in [0.1, 0.15) is 20.8 Å². The highest BCUT2D eigenvalue weighted by Gasteiger charge is 2.51. The van der Waals surface area contributed by atoms with Gasteiger partial charge in [-0.15, -0.1) is 0 Å². The van der Waals surface area contributed by atoms with Gasteiger partial charge in [-0.3, -0.25) is 4.79 Å². The van der Waals surface area contributed by atoms with Crippen molar-refractivity contribution >= 4 is 5.97 Å². The Bertz CT molecular complexity index is 213. The molecule has 0 saturated heterocycles. The van der Waals surface area contributed by atoms with Crippen LogP contribution in [-0.4, -0.2) is 24.8 Å². The fourth-order valence-electron chi connectivity index (χ4n) is 0.853. The summed E-state index contributed by atoms with van der Waals surface area (Å²) in [6.07, 6.45) is -4.60. The highest BCUT2D eigenvalue weighted by molar-refractivity contribution is 5.77. The van der Waals surface area contributed by atoms with Crippen molar-refractivity contribution in [1.82, 2.24) is 0 Å². The van der Waals surface area contributed by atoms with E-state index in [4.69, 9.17) is 5.73 Å². The molecule has 1 unspecified atom stereocenters. The van der Waals surface area contributed by atoms with Crippen molar-refractivity contribution in [3.63, 3.8) is 0 Å². The Hall–Kier alpha value is -0.780. The van der Waals surface area contributed by atoms with Crippen molar-refractivity contribution in [3.8, 4) is 0 Å². The van der Waals surface area contributed by atoms with Gasteiger partial charge in [-0.25, -0.2) is 0 Å².